The Labute approximate surface area is 132 Å². The molecule has 2 aromatic rings. The number of amides is 1. The molecule has 0 saturated carbocycles. The number of halogens is 1. The summed E-state index contributed by atoms with van der Waals surface area (Å²) in [4.78, 5) is 11.9. The summed E-state index contributed by atoms with van der Waals surface area (Å²) in [5, 5.41) is 2.80. The Bertz CT molecular complexity index is 640. The highest BCUT2D eigenvalue weighted by Crippen LogP contribution is 2.22. The van der Waals surface area contributed by atoms with E-state index < -0.39 is 0 Å². The van der Waals surface area contributed by atoms with Gasteiger partial charge < -0.3 is 10.1 Å². The zero-order valence-corrected chi connectivity index (χ0v) is 13.1. The SMILES string of the molecule is C=CCc1ccccc1OCC(=O)Nc1ccccc1Br. The van der Waals surface area contributed by atoms with E-state index in [2.05, 4.69) is 27.8 Å². The van der Waals surface area contributed by atoms with Gasteiger partial charge in [0.2, 0.25) is 0 Å². The lowest BCUT2D eigenvalue weighted by Crippen LogP contribution is -2.20. The lowest BCUT2D eigenvalue weighted by atomic mass is 10.1. The van der Waals surface area contributed by atoms with E-state index in [9.17, 15) is 4.79 Å². The first kappa shape index (κ1) is 15.3. The maximum Gasteiger partial charge on any atom is 0.262 e. The molecule has 0 atom stereocenters. The van der Waals surface area contributed by atoms with Crippen molar-refractivity contribution in [2.24, 2.45) is 0 Å². The monoisotopic (exact) mass is 345 g/mol. The zero-order chi connectivity index (χ0) is 15.1. The molecule has 0 spiro atoms. The number of carbonyl (C=O) groups excluding carboxylic acids is 1. The molecule has 0 aliphatic carbocycles. The van der Waals surface area contributed by atoms with Crippen molar-refractivity contribution in [2.45, 2.75) is 6.42 Å². The summed E-state index contributed by atoms with van der Waals surface area (Å²) in [5.74, 6) is 0.509. The van der Waals surface area contributed by atoms with Crippen LogP contribution in [0.5, 0.6) is 5.75 Å². The van der Waals surface area contributed by atoms with E-state index >= 15 is 0 Å². The van der Waals surface area contributed by atoms with E-state index in [1.165, 1.54) is 0 Å². The summed E-state index contributed by atoms with van der Waals surface area (Å²) < 4.78 is 6.43. The molecule has 0 saturated heterocycles. The number of benzene rings is 2. The van der Waals surface area contributed by atoms with Crippen LogP contribution in [0.4, 0.5) is 5.69 Å². The van der Waals surface area contributed by atoms with Crippen molar-refractivity contribution in [3.8, 4) is 5.75 Å². The fourth-order valence-electron chi connectivity index (χ4n) is 1.86. The van der Waals surface area contributed by atoms with Crippen molar-refractivity contribution in [1.29, 1.82) is 0 Å². The summed E-state index contributed by atoms with van der Waals surface area (Å²) in [6.07, 6.45) is 2.52. The number of rotatable bonds is 6. The van der Waals surface area contributed by atoms with Gasteiger partial charge in [-0.2, -0.15) is 0 Å². The second-order valence-electron chi connectivity index (χ2n) is 4.42. The number of hydrogen-bond acceptors (Lipinski definition) is 2. The molecule has 0 bridgehead atoms. The van der Waals surface area contributed by atoms with Crippen LogP contribution in [0.2, 0.25) is 0 Å². The Morgan fingerprint density at radius 1 is 1.19 bits per heavy atom. The van der Waals surface area contributed by atoms with Crippen LogP contribution >= 0.6 is 15.9 Å². The fourth-order valence-corrected chi connectivity index (χ4v) is 2.24. The summed E-state index contributed by atoms with van der Waals surface area (Å²) in [5.41, 5.74) is 1.74. The normalized spacial score (nSPS) is 9.95. The Morgan fingerprint density at radius 2 is 1.90 bits per heavy atom. The minimum absolute atomic E-state index is 0.0323. The molecule has 2 rings (SSSR count). The largest absolute Gasteiger partial charge is 0.483 e. The molecule has 0 aliphatic rings. The third-order valence-electron chi connectivity index (χ3n) is 2.84. The van der Waals surface area contributed by atoms with E-state index in [0.717, 1.165) is 15.7 Å². The fraction of sp³-hybridized carbons (Fsp3) is 0.118. The number of nitrogens with one attached hydrogen (secondary N) is 1. The third kappa shape index (κ3) is 4.46. The molecule has 1 amide bonds. The summed E-state index contributed by atoms with van der Waals surface area (Å²) >= 11 is 3.39. The Kier molecular flexibility index (Phi) is 5.58. The topological polar surface area (TPSA) is 38.3 Å². The van der Waals surface area contributed by atoms with Gasteiger partial charge in [-0.15, -0.1) is 6.58 Å². The van der Waals surface area contributed by atoms with Crippen molar-refractivity contribution < 1.29 is 9.53 Å². The van der Waals surface area contributed by atoms with Gasteiger partial charge in [0.25, 0.3) is 5.91 Å². The van der Waals surface area contributed by atoms with Gasteiger partial charge in [0.1, 0.15) is 5.75 Å². The number of ether oxygens (including phenoxy) is 1. The predicted octanol–water partition coefficient (Wildman–Crippen LogP) is 4.20. The van der Waals surface area contributed by atoms with Crippen LogP contribution in [-0.4, -0.2) is 12.5 Å². The Hall–Kier alpha value is -2.07. The van der Waals surface area contributed by atoms with Crippen molar-refractivity contribution in [3.05, 3.63) is 71.2 Å². The quantitative estimate of drug-likeness (QED) is 0.797. The van der Waals surface area contributed by atoms with Gasteiger partial charge in [-0.05, 0) is 46.1 Å². The van der Waals surface area contributed by atoms with Crippen LogP contribution < -0.4 is 10.1 Å². The molecule has 1 N–H and O–H groups in total. The first-order chi connectivity index (χ1) is 10.2. The van der Waals surface area contributed by atoms with Crippen LogP contribution in [0, 0.1) is 0 Å². The van der Waals surface area contributed by atoms with Crippen LogP contribution in [0.25, 0.3) is 0 Å². The molecular formula is C17H16BrNO2. The predicted molar refractivity (Wildman–Crippen MR) is 88.6 cm³/mol. The lowest BCUT2D eigenvalue weighted by Gasteiger charge is -2.11. The highest BCUT2D eigenvalue weighted by atomic mass is 79.9. The molecule has 108 valence electrons. The average Bonchev–Trinajstić information content (AvgIpc) is 2.49. The van der Waals surface area contributed by atoms with Gasteiger partial charge in [0, 0.05) is 4.47 Å². The smallest absolute Gasteiger partial charge is 0.262 e. The van der Waals surface area contributed by atoms with Crippen molar-refractivity contribution >= 4 is 27.5 Å². The molecule has 0 heterocycles. The van der Waals surface area contributed by atoms with Gasteiger partial charge in [-0.25, -0.2) is 0 Å². The molecule has 0 radical (unpaired) electrons. The van der Waals surface area contributed by atoms with Crippen molar-refractivity contribution in [3.63, 3.8) is 0 Å². The average molecular weight is 346 g/mol. The molecule has 0 aromatic heterocycles. The Balaban J connectivity index is 1.95. The second-order valence-corrected chi connectivity index (χ2v) is 5.27. The minimum atomic E-state index is -0.199. The van der Waals surface area contributed by atoms with Crippen LogP contribution in [0.15, 0.2) is 65.7 Å². The van der Waals surface area contributed by atoms with Crippen molar-refractivity contribution in [2.75, 3.05) is 11.9 Å². The number of anilines is 1. The summed E-state index contributed by atoms with van der Waals surface area (Å²) in [6, 6.07) is 15.1. The van der Waals surface area contributed by atoms with E-state index in [0.29, 0.717) is 12.2 Å². The van der Waals surface area contributed by atoms with E-state index in [-0.39, 0.29) is 12.5 Å². The molecule has 2 aromatic carbocycles. The molecule has 0 aliphatic heterocycles. The molecule has 3 nitrogen and oxygen atoms in total. The van der Waals surface area contributed by atoms with Crippen molar-refractivity contribution in [1.82, 2.24) is 0 Å². The number of hydrogen-bond donors (Lipinski definition) is 1. The first-order valence-electron chi connectivity index (χ1n) is 6.56. The molecular weight excluding hydrogens is 330 g/mol. The maximum absolute atomic E-state index is 11.9. The molecule has 21 heavy (non-hydrogen) atoms. The first-order valence-corrected chi connectivity index (χ1v) is 7.36. The second kappa shape index (κ2) is 7.64. The minimum Gasteiger partial charge on any atom is -0.483 e. The Morgan fingerprint density at radius 3 is 2.67 bits per heavy atom. The van der Waals surface area contributed by atoms with E-state index in [4.69, 9.17) is 4.74 Å². The number of allylic oxidation sites excluding steroid dienone is 1. The van der Waals surface area contributed by atoms with Crippen LogP contribution in [0.1, 0.15) is 5.56 Å². The standard InChI is InChI=1S/C17H16BrNO2/c1-2-7-13-8-3-6-11-16(13)21-12-17(20)19-15-10-5-4-9-14(15)18/h2-6,8-11H,1,7,12H2,(H,19,20). The van der Waals surface area contributed by atoms with Gasteiger partial charge in [0.05, 0.1) is 5.69 Å². The van der Waals surface area contributed by atoms with Gasteiger partial charge >= 0.3 is 0 Å². The summed E-state index contributed by atoms with van der Waals surface area (Å²) in [7, 11) is 0. The number of para-hydroxylation sites is 2. The van der Waals surface area contributed by atoms with Gasteiger partial charge in [-0.3, -0.25) is 4.79 Å². The number of carbonyl (C=O) groups is 1. The van der Waals surface area contributed by atoms with Gasteiger partial charge in [0.15, 0.2) is 6.61 Å². The van der Waals surface area contributed by atoms with Crippen LogP contribution in [0.3, 0.4) is 0 Å². The molecule has 0 unspecified atom stereocenters. The maximum atomic E-state index is 11.9. The zero-order valence-electron chi connectivity index (χ0n) is 11.5. The van der Waals surface area contributed by atoms with Gasteiger partial charge in [-0.1, -0.05) is 36.4 Å². The third-order valence-corrected chi connectivity index (χ3v) is 3.54. The van der Waals surface area contributed by atoms with E-state index in [1.807, 2.05) is 54.6 Å². The molecule has 4 heteroatoms. The molecule has 0 fully saturated rings. The highest BCUT2D eigenvalue weighted by molar-refractivity contribution is 9.10. The van der Waals surface area contributed by atoms with Crippen LogP contribution in [-0.2, 0) is 11.2 Å². The summed E-state index contributed by atoms with van der Waals surface area (Å²) in [6.45, 7) is 3.69. The highest BCUT2D eigenvalue weighted by Gasteiger charge is 2.07. The van der Waals surface area contributed by atoms with E-state index in [1.54, 1.807) is 0 Å². The lowest BCUT2D eigenvalue weighted by molar-refractivity contribution is -0.118.